The first kappa shape index (κ1) is 18.8. The van der Waals surface area contributed by atoms with Gasteiger partial charge < -0.3 is 15.1 Å². The average molecular weight is 395 g/mol. The van der Waals surface area contributed by atoms with E-state index in [1.807, 2.05) is 4.90 Å². The van der Waals surface area contributed by atoms with E-state index in [4.69, 9.17) is 0 Å². The van der Waals surface area contributed by atoms with Crippen molar-refractivity contribution in [1.29, 1.82) is 0 Å². The van der Waals surface area contributed by atoms with Crippen LogP contribution in [0, 0.1) is 11.6 Å². The molecular weight excluding hydrogens is 376 g/mol. The van der Waals surface area contributed by atoms with Gasteiger partial charge in [0.05, 0.1) is 5.69 Å². The van der Waals surface area contributed by atoms with Gasteiger partial charge in [0.15, 0.2) is 11.5 Å². The quantitative estimate of drug-likeness (QED) is 0.733. The maximum absolute atomic E-state index is 13.9. The van der Waals surface area contributed by atoms with Gasteiger partial charge in [-0.05, 0) is 48.5 Å². The van der Waals surface area contributed by atoms with Gasteiger partial charge in [-0.2, -0.15) is 0 Å². The largest absolute Gasteiger partial charge is 0.366 e. The van der Waals surface area contributed by atoms with Crippen molar-refractivity contribution in [3.05, 3.63) is 78.0 Å². The van der Waals surface area contributed by atoms with Crippen molar-refractivity contribution in [3.63, 3.8) is 0 Å². The Hall–Kier alpha value is -3.55. The summed E-state index contributed by atoms with van der Waals surface area (Å²) >= 11 is 0. The van der Waals surface area contributed by atoms with Crippen molar-refractivity contribution >= 4 is 23.1 Å². The Kier molecular flexibility index (Phi) is 5.33. The Bertz CT molecular complexity index is 987. The number of nitrogens with zero attached hydrogens (tertiary/aromatic N) is 4. The van der Waals surface area contributed by atoms with Gasteiger partial charge in [0.2, 0.25) is 0 Å². The molecule has 0 atom stereocenters. The summed E-state index contributed by atoms with van der Waals surface area (Å²) < 4.78 is 26.9. The lowest BCUT2D eigenvalue weighted by Crippen LogP contribution is -2.49. The zero-order valence-electron chi connectivity index (χ0n) is 15.6. The molecule has 6 nitrogen and oxygen atoms in total. The summed E-state index contributed by atoms with van der Waals surface area (Å²) in [6, 6.07) is 15.7. The number of amides is 1. The molecule has 3 aromatic rings. The fourth-order valence-corrected chi connectivity index (χ4v) is 3.21. The van der Waals surface area contributed by atoms with Crippen LogP contribution in [-0.2, 0) is 0 Å². The number of aromatic nitrogens is 2. The standard InChI is InChI=1S/C21H19F2N5O/c22-15-5-7-16(8-6-15)24-20-10-9-18(25-26-20)21(29)28-13-11-27(12-14-28)19-4-2-1-3-17(19)23/h1-10H,11-14H2,(H,24,26). The number of para-hydroxylation sites is 1. The highest BCUT2D eigenvalue weighted by atomic mass is 19.1. The van der Waals surface area contributed by atoms with E-state index in [-0.39, 0.29) is 23.2 Å². The Morgan fingerprint density at radius 3 is 2.24 bits per heavy atom. The molecule has 2 heterocycles. The second-order valence-electron chi connectivity index (χ2n) is 6.67. The van der Waals surface area contributed by atoms with Gasteiger partial charge in [0, 0.05) is 31.9 Å². The zero-order chi connectivity index (χ0) is 20.2. The highest BCUT2D eigenvalue weighted by molar-refractivity contribution is 5.92. The van der Waals surface area contributed by atoms with E-state index in [1.54, 1.807) is 47.4 Å². The Morgan fingerprint density at radius 2 is 1.59 bits per heavy atom. The van der Waals surface area contributed by atoms with Gasteiger partial charge >= 0.3 is 0 Å². The number of anilines is 3. The molecule has 1 saturated heterocycles. The molecule has 0 spiro atoms. The van der Waals surface area contributed by atoms with E-state index in [2.05, 4.69) is 15.5 Å². The van der Waals surface area contributed by atoms with Crippen LogP contribution < -0.4 is 10.2 Å². The van der Waals surface area contributed by atoms with Crippen LogP contribution in [0.1, 0.15) is 10.5 Å². The van der Waals surface area contributed by atoms with Gasteiger partial charge in [-0.1, -0.05) is 12.1 Å². The molecule has 0 radical (unpaired) electrons. The molecule has 0 saturated carbocycles. The molecule has 8 heteroatoms. The van der Waals surface area contributed by atoms with Crippen molar-refractivity contribution in [2.45, 2.75) is 0 Å². The molecule has 1 aliphatic rings. The van der Waals surface area contributed by atoms with E-state index < -0.39 is 0 Å². The fraction of sp³-hybridized carbons (Fsp3) is 0.190. The van der Waals surface area contributed by atoms with Crippen LogP contribution in [0.25, 0.3) is 0 Å². The molecule has 1 fully saturated rings. The summed E-state index contributed by atoms with van der Waals surface area (Å²) in [5, 5.41) is 11.0. The average Bonchev–Trinajstić information content (AvgIpc) is 2.76. The molecule has 29 heavy (non-hydrogen) atoms. The molecule has 1 aliphatic heterocycles. The van der Waals surface area contributed by atoms with Gasteiger partial charge in [-0.25, -0.2) is 8.78 Å². The predicted molar refractivity (Wildman–Crippen MR) is 106 cm³/mol. The molecule has 1 aromatic heterocycles. The molecule has 0 bridgehead atoms. The third-order valence-corrected chi connectivity index (χ3v) is 4.76. The second kappa shape index (κ2) is 8.22. The van der Waals surface area contributed by atoms with Crippen LogP contribution in [0.15, 0.2) is 60.7 Å². The van der Waals surface area contributed by atoms with Gasteiger partial charge in [0.25, 0.3) is 5.91 Å². The van der Waals surface area contributed by atoms with Crippen LogP contribution in [0.4, 0.5) is 26.0 Å². The molecule has 1 amide bonds. The summed E-state index contributed by atoms with van der Waals surface area (Å²) in [7, 11) is 0. The van der Waals surface area contributed by atoms with Crippen molar-refractivity contribution in [2.75, 3.05) is 36.4 Å². The maximum Gasteiger partial charge on any atom is 0.274 e. The minimum atomic E-state index is -0.322. The minimum absolute atomic E-state index is 0.209. The summed E-state index contributed by atoms with van der Waals surface area (Å²) in [6.07, 6.45) is 0. The SMILES string of the molecule is O=C(c1ccc(Nc2ccc(F)cc2)nn1)N1CCN(c2ccccc2F)CC1. The fourth-order valence-electron chi connectivity index (χ4n) is 3.21. The van der Waals surface area contributed by atoms with Gasteiger partial charge in [0.1, 0.15) is 11.6 Å². The van der Waals surface area contributed by atoms with Gasteiger partial charge in [-0.15, -0.1) is 10.2 Å². The summed E-state index contributed by atoms with van der Waals surface area (Å²) in [5.41, 5.74) is 1.47. The predicted octanol–water partition coefficient (Wildman–Crippen LogP) is 3.46. The molecule has 0 aliphatic carbocycles. The molecule has 2 aromatic carbocycles. The van der Waals surface area contributed by atoms with E-state index in [1.165, 1.54) is 18.2 Å². The normalized spacial score (nSPS) is 14.0. The number of nitrogens with one attached hydrogen (secondary N) is 1. The highest BCUT2D eigenvalue weighted by Crippen LogP contribution is 2.21. The van der Waals surface area contributed by atoms with Crippen molar-refractivity contribution in [1.82, 2.24) is 15.1 Å². The lowest BCUT2D eigenvalue weighted by atomic mass is 10.2. The van der Waals surface area contributed by atoms with Crippen LogP contribution in [0.2, 0.25) is 0 Å². The van der Waals surface area contributed by atoms with Crippen LogP contribution >= 0.6 is 0 Å². The summed E-state index contributed by atoms with van der Waals surface area (Å²) in [5.74, 6) is -0.336. The molecule has 0 unspecified atom stereocenters. The van der Waals surface area contributed by atoms with E-state index >= 15 is 0 Å². The molecule has 4 rings (SSSR count). The van der Waals surface area contributed by atoms with Crippen LogP contribution in [-0.4, -0.2) is 47.2 Å². The number of hydrogen-bond donors (Lipinski definition) is 1. The Morgan fingerprint density at radius 1 is 0.862 bits per heavy atom. The van der Waals surface area contributed by atoms with E-state index in [0.717, 1.165) is 0 Å². The third-order valence-electron chi connectivity index (χ3n) is 4.76. The lowest BCUT2D eigenvalue weighted by Gasteiger charge is -2.36. The smallest absolute Gasteiger partial charge is 0.274 e. The number of halogens is 2. The maximum atomic E-state index is 13.9. The minimum Gasteiger partial charge on any atom is -0.366 e. The number of carbonyl (C=O) groups is 1. The third kappa shape index (κ3) is 4.31. The Balaban J connectivity index is 1.36. The van der Waals surface area contributed by atoms with Crippen LogP contribution in [0.5, 0.6) is 0 Å². The number of benzene rings is 2. The van der Waals surface area contributed by atoms with Crippen molar-refractivity contribution in [2.24, 2.45) is 0 Å². The second-order valence-corrected chi connectivity index (χ2v) is 6.67. The molecule has 148 valence electrons. The summed E-state index contributed by atoms with van der Waals surface area (Å²) in [6.45, 7) is 2.05. The van der Waals surface area contributed by atoms with E-state index in [0.29, 0.717) is 43.4 Å². The topological polar surface area (TPSA) is 61.4 Å². The van der Waals surface area contributed by atoms with Gasteiger partial charge in [-0.3, -0.25) is 4.79 Å². The molecule has 1 N–H and O–H groups in total. The first-order valence-corrected chi connectivity index (χ1v) is 9.25. The summed E-state index contributed by atoms with van der Waals surface area (Å²) in [4.78, 5) is 16.3. The number of piperazine rings is 1. The number of rotatable bonds is 4. The Labute approximate surface area is 166 Å². The zero-order valence-corrected chi connectivity index (χ0v) is 15.6. The van der Waals surface area contributed by atoms with Crippen molar-refractivity contribution < 1.29 is 13.6 Å². The van der Waals surface area contributed by atoms with Crippen LogP contribution in [0.3, 0.4) is 0 Å². The number of carbonyl (C=O) groups excluding carboxylic acids is 1. The lowest BCUT2D eigenvalue weighted by molar-refractivity contribution is 0.0739. The van der Waals surface area contributed by atoms with Crippen molar-refractivity contribution in [3.8, 4) is 0 Å². The highest BCUT2D eigenvalue weighted by Gasteiger charge is 2.24. The first-order chi connectivity index (χ1) is 14.1. The molecular formula is C21H19F2N5O. The number of hydrogen-bond acceptors (Lipinski definition) is 5. The van der Waals surface area contributed by atoms with E-state index in [9.17, 15) is 13.6 Å². The monoisotopic (exact) mass is 395 g/mol. The first-order valence-electron chi connectivity index (χ1n) is 9.25.